The molecule has 0 radical (unpaired) electrons. The fourth-order valence-corrected chi connectivity index (χ4v) is 4.38. The van der Waals surface area contributed by atoms with Gasteiger partial charge in [-0.2, -0.15) is 0 Å². The summed E-state index contributed by atoms with van der Waals surface area (Å²) in [5.74, 6) is -6.22. The number of carbonyl (C=O) groups is 4. The van der Waals surface area contributed by atoms with E-state index in [2.05, 4.69) is 4.74 Å². The van der Waals surface area contributed by atoms with Crippen LogP contribution in [0.1, 0.15) is 27.7 Å². The molecule has 0 fully saturated rings. The van der Waals surface area contributed by atoms with Gasteiger partial charge < -0.3 is 44.5 Å². The smallest absolute Gasteiger partial charge is 0.350 e. The zero-order valence-electron chi connectivity index (χ0n) is 31.2. The van der Waals surface area contributed by atoms with E-state index < -0.39 is 153 Å². The number of hydrogen-bond donors (Lipinski definition) is 5. The number of nitro groups is 1. The fraction of sp³-hybridized carbons (Fsp3) is 0.645. The van der Waals surface area contributed by atoms with Crippen molar-refractivity contribution >= 4 is 29.6 Å². The lowest BCUT2D eigenvalue weighted by Crippen LogP contribution is -2.55. The molecule has 0 saturated carbocycles. The van der Waals surface area contributed by atoms with Gasteiger partial charge in [-0.3, -0.25) is 29.1 Å². The lowest BCUT2D eigenvalue weighted by molar-refractivity contribution is -0.387. The first kappa shape index (κ1) is 47.3. The Morgan fingerprint density at radius 1 is 0.649 bits per heavy atom. The minimum atomic E-state index is -2.49. The number of aliphatic hydroxyl groups excluding tert-OH is 5. The van der Waals surface area contributed by atoms with E-state index in [1.54, 1.807) is 27.7 Å². The summed E-state index contributed by atoms with van der Waals surface area (Å²) < 4.78 is 20.8. The second-order valence-electron chi connectivity index (χ2n) is 12.8. The van der Waals surface area contributed by atoms with Gasteiger partial charge in [-0.25, -0.2) is 47.0 Å². The molecule has 0 aliphatic heterocycles. The molecule has 2 heterocycles. The molecular weight excluding hydrogens is 776 g/mol. The third-order valence-electron chi connectivity index (χ3n) is 7.98. The number of carbonyl (C=O) groups excluding carboxylic acids is 4. The number of esters is 4. The van der Waals surface area contributed by atoms with Crippen molar-refractivity contribution in [2.75, 3.05) is 33.0 Å². The van der Waals surface area contributed by atoms with Crippen molar-refractivity contribution in [3.05, 3.63) is 68.6 Å². The van der Waals surface area contributed by atoms with Crippen molar-refractivity contribution in [3.8, 4) is 0 Å². The average Bonchev–Trinajstić information content (AvgIpc) is 3.15. The van der Waals surface area contributed by atoms with Gasteiger partial charge >= 0.3 is 57.9 Å². The SMILES string of the molecule is CC(C)C(O)COC(=O)Cn1cc([N+](=O)[O-])c(=O)n(CC(=O)OCCn2c(=O)n(CCO)c(=O)n(CCOC(=O)C(O)C(O)C(=O)OCC(O)C(C)C)c2=O)c1=O. The van der Waals surface area contributed by atoms with Gasteiger partial charge in [0.15, 0.2) is 12.2 Å². The van der Waals surface area contributed by atoms with E-state index in [1.807, 2.05) is 0 Å². The van der Waals surface area contributed by atoms with Crippen LogP contribution < -0.4 is 28.3 Å². The van der Waals surface area contributed by atoms with Crippen LogP contribution in [0.5, 0.6) is 0 Å². The Morgan fingerprint density at radius 2 is 1.09 bits per heavy atom. The van der Waals surface area contributed by atoms with Crippen LogP contribution in [0.15, 0.2) is 30.2 Å². The van der Waals surface area contributed by atoms with Crippen LogP contribution in [0, 0.1) is 22.0 Å². The Balaban J connectivity index is 2.21. The normalized spacial score (nSPS) is 13.5. The Kier molecular flexibility index (Phi) is 17.8. The number of hydrogen-bond acceptors (Lipinski definition) is 20. The largest absolute Gasteiger partial charge is 0.462 e. The number of rotatable bonds is 22. The highest BCUT2D eigenvalue weighted by molar-refractivity contribution is 5.85. The van der Waals surface area contributed by atoms with Gasteiger partial charge in [0.2, 0.25) is 0 Å². The van der Waals surface area contributed by atoms with Gasteiger partial charge in [-0.1, -0.05) is 27.7 Å². The van der Waals surface area contributed by atoms with Crippen LogP contribution in [0.3, 0.4) is 0 Å². The number of aromatic nitrogens is 5. The molecule has 318 valence electrons. The lowest BCUT2D eigenvalue weighted by atomic mass is 10.1. The average molecular weight is 821 g/mol. The topological polar surface area (TPSA) is 359 Å². The van der Waals surface area contributed by atoms with Crippen LogP contribution in [-0.2, 0) is 70.8 Å². The van der Waals surface area contributed by atoms with E-state index in [0.717, 1.165) is 0 Å². The third kappa shape index (κ3) is 12.9. The summed E-state index contributed by atoms with van der Waals surface area (Å²) in [7, 11) is 0. The van der Waals surface area contributed by atoms with Crippen LogP contribution in [0.4, 0.5) is 5.69 Å². The Labute approximate surface area is 319 Å². The monoisotopic (exact) mass is 820 g/mol. The molecule has 0 amide bonds. The molecule has 4 atom stereocenters. The lowest BCUT2D eigenvalue weighted by Gasteiger charge is -2.19. The molecule has 0 spiro atoms. The third-order valence-corrected chi connectivity index (χ3v) is 7.98. The molecular formula is C31H44N6O20. The second-order valence-corrected chi connectivity index (χ2v) is 12.8. The number of nitrogens with zero attached hydrogens (tertiary/aromatic N) is 6. The second kappa shape index (κ2) is 21.5. The molecule has 57 heavy (non-hydrogen) atoms. The summed E-state index contributed by atoms with van der Waals surface area (Å²) in [6, 6.07) is 0. The van der Waals surface area contributed by atoms with Gasteiger partial charge in [0.25, 0.3) is 0 Å². The van der Waals surface area contributed by atoms with Gasteiger partial charge in [0.1, 0.15) is 39.5 Å². The first-order valence-corrected chi connectivity index (χ1v) is 17.0. The maximum absolute atomic E-state index is 13.1. The van der Waals surface area contributed by atoms with E-state index in [-0.39, 0.29) is 16.4 Å². The highest BCUT2D eigenvalue weighted by atomic mass is 16.6. The molecule has 0 saturated heterocycles. The zero-order chi connectivity index (χ0) is 43.3. The van der Waals surface area contributed by atoms with Crippen LogP contribution >= 0.6 is 0 Å². The predicted octanol–water partition coefficient (Wildman–Crippen LogP) is -5.98. The summed E-state index contributed by atoms with van der Waals surface area (Å²) in [6.45, 7) is -1.50. The van der Waals surface area contributed by atoms with Crippen molar-refractivity contribution in [2.24, 2.45) is 11.8 Å². The highest BCUT2D eigenvalue weighted by Crippen LogP contribution is 2.06. The minimum absolute atomic E-state index is 0.0781. The summed E-state index contributed by atoms with van der Waals surface area (Å²) in [5.41, 5.74) is -8.09. The standard InChI is InChI=1S/C31H44N6O20/c1-16(2)19(39)14-56-21(41)12-32-11-18(37(52)53)25(45)36(28(32)48)13-22(42)54-9-6-34-29(49)33(5-8-38)30(50)35(31(34)51)7-10-55-26(46)23(43)24(44)27(47)57-15-20(40)17(3)4/h11,16-17,19-20,23-24,38-40,43-44H,5-10,12-15H2,1-4H3. The summed E-state index contributed by atoms with van der Waals surface area (Å²) in [6.07, 6.45) is -6.66. The van der Waals surface area contributed by atoms with Gasteiger partial charge in [-0.05, 0) is 11.8 Å². The predicted molar refractivity (Wildman–Crippen MR) is 185 cm³/mol. The molecule has 26 nitrogen and oxygen atoms in total. The van der Waals surface area contributed by atoms with E-state index in [4.69, 9.17) is 14.2 Å². The summed E-state index contributed by atoms with van der Waals surface area (Å²) in [4.78, 5) is 124. The van der Waals surface area contributed by atoms with E-state index in [1.165, 1.54) is 0 Å². The van der Waals surface area contributed by atoms with Crippen molar-refractivity contribution in [1.82, 2.24) is 22.8 Å². The van der Waals surface area contributed by atoms with Gasteiger partial charge in [0.05, 0.1) is 49.6 Å². The van der Waals surface area contributed by atoms with Crippen LogP contribution in [0.25, 0.3) is 0 Å². The minimum Gasteiger partial charge on any atom is -0.462 e. The molecule has 2 aromatic heterocycles. The first-order chi connectivity index (χ1) is 26.6. The fourth-order valence-electron chi connectivity index (χ4n) is 4.38. The van der Waals surface area contributed by atoms with Crippen molar-refractivity contribution in [3.63, 3.8) is 0 Å². The molecule has 0 bridgehead atoms. The number of aliphatic hydroxyl groups is 5. The van der Waals surface area contributed by atoms with Crippen molar-refractivity contribution in [2.45, 2.75) is 84.8 Å². The molecule has 0 aliphatic rings. The summed E-state index contributed by atoms with van der Waals surface area (Å²) in [5, 5.41) is 60.3. The molecule has 2 aromatic rings. The highest BCUT2D eigenvalue weighted by Gasteiger charge is 2.33. The summed E-state index contributed by atoms with van der Waals surface area (Å²) >= 11 is 0. The molecule has 2 rings (SSSR count). The van der Waals surface area contributed by atoms with Crippen molar-refractivity contribution < 1.29 is 68.6 Å². The van der Waals surface area contributed by atoms with Crippen LogP contribution in [0.2, 0.25) is 0 Å². The maximum Gasteiger partial charge on any atom is 0.350 e. The Morgan fingerprint density at radius 3 is 1.56 bits per heavy atom. The van der Waals surface area contributed by atoms with E-state index in [0.29, 0.717) is 24.5 Å². The van der Waals surface area contributed by atoms with Gasteiger partial charge in [-0.15, -0.1) is 0 Å². The van der Waals surface area contributed by atoms with E-state index >= 15 is 0 Å². The van der Waals surface area contributed by atoms with Gasteiger partial charge in [0, 0.05) is 0 Å². The first-order valence-electron chi connectivity index (χ1n) is 17.0. The molecule has 26 heteroatoms. The van der Waals surface area contributed by atoms with E-state index in [9.17, 15) is 78.8 Å². The Bertz CT molecular complexity index is 2080. The molecule has 5 N–H and O–H groups in total. The molecule has 0 aliphatic carbocycles. The Hall–Kier alpha value is -5.83. The quantitative estimate of drug-likeness (QED) is 0.0319. The number of ether oxygens (including phenoxy) is 4. The molecule has 0 aromatic carbocycles. The van der Waals surface area contributed by atoms with Crippen molar-refractivity contribution in [1.29, 1.82) is 0 Å². The maximum atomic E-state index is 13.1. The zero-order valence-corrected chi connectivity index (χ0v) is 31.2. The molecule has 4 unspecified atom stereocenters. The van der Waals surface area contributed by atoms with Crippen LogP contribution in [-0.4, -0.2) is 135 Å².